The first-order valence-electron chi connectivity index (χ1n) is 32.9. The summed E-state index contributed by atoms with van der Waals surface area (Å²) in [5.74, 6) is 0.831. The van der Waals surface area contributed by atoms with Crippen LogP contribution in [0.4, 0.5) is 0 Å². The highest BCUT2D eigenvalue weighted by Gasteiger charge is 2.50. The first kappa shape index (κ1) is 86.4. The third-order valence-electron chi connectivity index (χ3n) is 19.3. The summed E-state index contributed by atoms with van der Waals surface area (Å²) in [6.07, 6.45) is 16.8. The van der Waals surface area contributed by atoms with Gasteiger partial charge in [0.25, 0.3) is 0 Å². The standard InChI is InChI=1S/2C11H20O2.C10H19NO2.C10H18O2.C9H17NO2.C9H16O2.C8H15NO2.2CH4/c1-8(2)10(12)11(13)6-4-9(3)5-7-11;1-8(2)10(12)11(13)6-4-5-9(3)7-11;1-7(2)9(12)10(13)6-4-3-5-8(10)11;1-7(2)9(11)10(12)6-4-5-8(10)3;1-6(2)8(11)9(12)4-3-7(10)5-9;1-6(2)8(10)9(11)5-4-7(9)3;1-5(2)7(10)8(11)3-6(9)4-8;;/h2*8-9,13H,4-7H2,1-3H3;7-8,13H,3-6,11H2,1-2H3;7-8,12H,4-6H2,1-3H3;6-7,12H,3-5,10H2,1-2H3;6-7,11H,4-5H2,1-3H3;5-6,11H,3-4,9H2,1-2H3;2*1H4. The molecule has 7 saturated carbocycles. The molecule has 10 atom stereocenters. The van der Waals surface area contributed by atoms with Crippen LogP contribution < -0.4 is 17.2 Å². The maximum Gasteiger partial charge on any atom is 0.168 e. The van der Waals surface area contributed by atoms with Gasteiger partial charge in [0.15, 0.2) is 40.5 Å². The van der Waals surface area contributed by atoms with E-state index in [0.717, 1.165) is 70.6 Å². The Morgan fingerprint density at radius 2 is 0.644 bits per heavy atom. The van der Waals surface area contributed by atoms with Crippen molar-refractivity contribution in [1.82, 2.24) is 0 Å². The molecule has 10 unspecified atom stereocenters. The van der Waals surface area contributed by atoms with Crippen LogP contribution in [0.5, 0.6) is 0 Å². The topological polar surface area (TPSA) is 339 Å². The van der Waals surface area contributed by atoms with Crippen LogP contribution in [-0.2, 0) is 33.6 Å². The van der Waals surface area contributed by atoms with Crippen molar-refractivity contribution in [3.63, 3.8) is 0 Å². The molecule has 0 saturated heterocycles. The Labute approximate surface area is 528 Å². The molecular formula is C70H133N3O14. The van der Waals surface area contributed by atoms with Gasteiger partial charge in [-0.15, -0.1) is 0 Å². The summed E-state index contributed by atoms with van der Waals surface area (Å²) in [6.45, 7) is 33.8. The Balaban J connectivity index is 0. The summed E-state index contributed by atoms with van der Waals surface area (Å²) in [5, 5.41) is 69.6. The van der Waals surface area contributed by atoms with Crippen LogP contribution in [0, 0.1) is 65.1 Å². The average molecular weight is 1240 g/mol. The Hall–Kier alpha value is -2.71. The molecular weight excluding hydrogens is 1110 g/mol. The number of nitrogens with two attached hydrogens (primary N) is 3. The van der Waals surface area contributed by atoms with Gasteiger partial charge in [-0.3, -0.25) is 33.6 Å². The third-order valence-corrected chi connectivity index (χ3v) is 19.3. The van der Waals surface area contributed by atoms with Crippen molar-refractivity contribution < 1.29 is 69.3 Å². The van der Waals surface area contributed by atoms with Crippen LogP contribution in [0.3, 0.4) is 0 Å². The Kier molecular flexibility index (Phi) is 36.2. The number of rotatable bonds is 14. The van der Waals surface area contributed by atoms with Gasteiger partial charge in [0.1, 0.15) is 39.2 Å². The number of hydrogen-bond acceptors (Lipinski definition) is 17. The van der Waals surface area contributed by atoms with Gasteiger partial charge in [0.2, 0.25) is 0 Å². The van der Waals surface area contributed by atoms with E-state index in [2.05, 4.69) is 13.8 Å². The Morgan fingerprint density at radius 1 is 0.310 bits per heavy atom. The first-order valence-corrected chi connectivity index (χ1v) is 32.9. The molecule has 0 aromatic rings. The minimum absolute atomic E-state index is 0. The van der Waals surface area contributed by atoms with E-state index in [1.165, 1.54) is 0 Å². The maximum atomic E-state index is 11.7. The molecule has 0 aromatic carbocycles. The highest BCUT2D eigenvalue weighted by molar-refractivity contribution is 5.92. The molecule has 0 amide bonds. The van der Waals surface area contributed by atoms with Gasteiger partial charge < -0.3 is 52.9 Å². The normalized spacial score (nSPS) is 35.0. The van der Waals surface area contributed by atoms with E-state index in [4.69, 9.17) is 17.2 Å². The molecule has 13 N–H and O–H groups in total. The molecule has 87 heavy (non-hydrogen) atoms. The van der Waals surface area contributed by atoms with E-state index in [9.17, 15) is 69.3 Å². The number of carbonyl (C=O) groups excluding carboxylic acids is 7. The second kappa shape index (κ2) is 36.5. The molecule has 17 nitrogen and oxygen atoms in total. The van der Waals surface area contributed by atoms with E-state index in [1.807, 2.05) is 96.9 Å². The van der Waals surface area contributed by atoms with Gasteiger partial charge in [-0.25, -0.2) is 0 Å². The Bertz CT molecular complexity index is 2150. The zero-order valence-electron chi connectivity index (χ0n) is 56.4. The van der Waals surface area contributed by atoms with E-state index in [-0.39, 0.29) is 127 Å². The molecule has 0 aromatic heterocycles. The molecule has 7 aliphatic carbocycles. The maximum absolute atomic E-state index is 11.7. The van der Waals surface area contributed by atoms with Gasteiger partial charge in [0.05, 0.1) is 0 Å². The molecule has 0 aliphatic heterocycles. The second-order valence-electron chi connectivity index (χ2n) is 29.7. The van der Waals surface area contributed by atoms with E-state index in [1.54, 1.807) is 13.8 Å². The van der Waals surface area contributed by atoms with Crippen LogP contribution in [0.1, 0.15) is 281 Å². The molecule has 0 spiro atoms. The van der Waals surface area contributed by atoms with Crippen molar-refractivity contribution in [3.8, 4) is 0 Å². The predicted octanol–water partition coefficient (Wildman–Crippen LogP) is 10.1. The van der Waals surface area contributed by atoms with Crippen molar-refractivity contribution in [2.45, 2.75) is 338 Å². The van der Waals surface area contributed by atoms with Crippen LogP contribution in [-0.4, -0.2) is 134 Å². The second-order valence-corrected chi connectivity index (χ2v) is 29.7. The quantitative estimate of drug-likeness (QED) is 0.0773. The first-order chi connectivity index (χ1) is 38.8. The molecule has 17 heteroatoms. The lowest BCUT2D eigenvalue weighted by atomic mass is 9.66. The number of Topliss-reactive ketones (excluding diaryl/α,β-unsaturated/α-hetero) is 7. The summed E-state index contributed by atoms with van der Waals surface area (Å²) in [7, 11) is 0. The summed E-state index contributed by atoms with van der Waals surface area (Å²) in [6, 6.07) is -0.350. The van der Waals surface area contributed by atoms with Crippen LogP contribution in [0.15, 0.2) is 0 Å². The van der Waals surface area contributed by atoms with Crippen molar-refractivity contribution in [2.24, 2.45) is 82.3 Å². The van der Waals surface area contributed by atoms with E-state index >= 15 is 0 Å². The largest absolute Gasteiger partial charge is 0.382 e. The lowest BCUT2D eigenvalue weighted by Crippen LogP contribution is -2.57. The van der Waals surface area contributed by atoms with Crippen molar-refractivity contribution >= 4 is 40.5 Å². The minimum Gasteiger partial charge on any atom is -0.382 e. The number of hydrogen-bond donors (Lipinski definition) is 10. The molecule has 0 bridgehead atoms. The summed E-state index contributed by atoms with van der Waals surface area (Å²) in [4.78, 5) is 80.9. The predicted molar refractivity (Wildman–Crippen MR) is 349 cm³/mol. The van der Waals surface area contributed by atoms with Crippen molar-refractivity contribution in [1.29, 1.82) is 0 Å². The van der Waals surface area contributed by atoms with E-state index in [0.29, 0.717) is 82.5 Å². The Morgan fingerprint density at radius 3 is 0.954 bits per heavy atom. The fourth-order valence-corrected chi connectivity index (χ4v) is 13.3. The summed E-state index contributed by atoms with van der Waals surface area (Å²) in [5.41, 5.74) is 9.45. The van der Waals surface area contributed by atoms with Gasteiger partial charge in [0, 0.05) is 59.6 Å². The van der Waals surface area contributed by atoms with Gasteiger partial charge >= 0.3 is 0 Å². The molecule has 512 valence electrons. The van der Waals surface area contributed by atoms with Crippen LogP contribution in [0.25, 0.3) is 0 Å². The van der Waals surface area contributed by atoms with Crippen LogP contribution >= 0.6 is 0 Å². The fourth-order valence-electron chi connectivity index (χ4n) is 13.3. The zero-order valence-corrected chi connectivity index (χ0v) is 56.4. The van der Waals surface area contributed by atoms with Gasteiger partial charge in [-0.05, 0) is 152 Å². The smallest absolute Gasteiger partial charge is 0.168 e. The number of aliphatic hydroxyl groups is 7. The van der Waals surface area contributed by atoms with Crippen LogP contribution in [0.2, 0.25) is 0 Å². The monoisotopic (exact) mass is 1240 g/mol. The minimum atomic E-state index is -1.24. The molecule has 0 heterocycles. The van der Waals surface area contributed by atoms with E-state index < -0.39 is 39.2 Å². The summed E-state index contributed by atoms with van der Waals surface area (Å²) < 4.78 is 0. The summed E-state index contributed by atoms with van der Waals surface area (Å²) >= 11 is 0. The fraction of sp³-hybridized carbons (Fsp3) is 0.900. The van der Waals surface area contributed by atoms with Crippen molar-refractivity contribution in [3.05, 3.63) is 0 Å². The SMILES string of the molecule is C.C.CC(C)C(=O)C1(O)CC(N)C1.CC(C)C(=O)C1(O)CCC(N)C1.CC(C)C(=O)C1(O)CCC1C.CC(C)C(=O)C1(O)CCCC1C.CC(C)C(=O)C1(O)CCCCC1N.CC1CCC(O)(C(=O)C(C)C)CC1.CC1CCCC(O)(C(=O)C(C)C)C1. The third kappa shape index (κ3) is 24.0. The highest BCUT2D eigenvalue weighted by atomic mass is 16.3. The zero-order chi connectivity index (χ0) is 66.2. The number of ketones is 7. The highest BCUT2D eigenvalue weighted by Crippen LogP contribution is 2.41. The molecule has 7 fully saturated rings. The average Bonchev–Trinajstić information content (AvgIpc) is 2.02. The van der Waals surface area contributed by atoms with Gasteiger partial charge in [-0.1, -0.05) is 152 Å². The lowest BCUT2D eigenvalue weighted by molar-refractivity contribution is -0.159. The number of carbonyl (C=O) groups is 7. The molecule has 7 rings (SSSR count). The molecule has 7 aliphatic rings. The lowest BCUT2D eigenvalue weighted by Gasteiger charge is -2.43. The van der Waals surface area contributed by atoms with Crippen molar-refractivity contribution in [2.75, 3.05) is 0 Å². The van der Waals surface area contributed by atoms with Gasteiger partial charge in [-0.2, -0.15) is 0 Å². The molecule has 0 radical (unpaired) electrons.